The molecule has 2 rings (SSSR count). The molecule has 0 aliphatic rings. The van der Waals surface area contributed by atoms with Crippen LogP contribution < -0.4 is 11.5 Å². The Morgan fingerprint density at radius 1 is 0.778 bits per heavy atom. The van der Waals surface area contributed by atoms with Crippen molar-refractivity contribution in [1.29, 1.82) is 0 Å². The second kappa shape index (κ2) is 5.63. The van der Waals surface area contributed by atoms with Crippen molar-refractivity contribution in [2.75, 3.05) is 0 Å². The predicted octanol–water partition coefficient (Wildman–Crippen LogP) is 2.48. The average molecular weight is 283 g/mol. The first-order valence-corrected chi connectivity index (χ1v) is 6.07. The Morgan fingerprint density at radius 2 is 1.17 bits per heavy atom. The van der Waals surface area contributed by atoms with Gasteiger partial charge in [-0.15, -0.1) is 0 Å². The molecule has 0 aromatic carbocycles. The van der Waals surface area contributed by atoms with Gasteiger partial charge >= 0.3 is 0 Å². The van der Waals surface area contributed by atoms with E-state index in [1.165, 1.54) is 0 Å². The lowest BCUT2D eigenvalue weighted by Crippen LogP contribution is -2.26. The molecule has 0 fully saturated rings. The Labute approximate surface area is 115 Å². The van der Waals surface area contributed by atoms with Gasteiger partial charge < -0.3 is 11.5 Å². The summed E-state index contributed by atoms with van der Waals surface area (Å²) in [5, 5.41) is 0.848. The fourth-order valence-electron chi connectivity index (χ4n) is 1.58. The number of aromatic nitrogens is 2. The van der Waals surface area contributed by atoms with E-state index >= 15 is 0 Å². The highest BCUT2D eigenvalue weighted by atomic mass is 35.5. The number of hydrogen-bond acceptors (Lipinski definition) is 4. The van der Waals surface area contributed by atoms with Crippen molar-refractivity contribution >= 4 is 23.2 Å². The van der Waals surface area contributed by atoms with Gasteiger partial charge in [0.25, 0.3) is 0 Å². The van der Waals surface area contributed by atoms with Gasteiger partial charge in [0.15, 0.2) is 0 Å². The summed E-state index contributed by atoms with van der Waals surface area (Å²) in [5.74, 6) is 0. The lowest BCUT2D eigenvalue weighted by atomic mass is 9.97. The van der Waals surface area contributed by atoms with Gasteiger partial charge in [-0.05, 0) is 23.3 Å². The van der Waals surface area contributed by atoms with E-state index in [-0.39, 0.29) is 12.1 Å². The van der Waals surface area contributed by atoms with Crippen LogP contribution in [0.2, 0.25) is 10.3 Å². The molecule has 18 heavy (non-hydrogen) atoms. The lowest BCUT2D eigenvalue weighted by Gasteiger charge is -2.20. The quantitative estimate of drug-likeness (QED) is 0.848. The van der Waals surface area contributed by atoms with Crippen molar-refractivity contribution in [1.82, 2.24) is 9.97 Å². The minimum absolute atomic E-state index is 0.377. The molecule has 2 atom stereocenters. The number of nitrogens with two attached hydrogens (primary N) is 2. The molecule has 0 aliphatic heterocycles. The fourth-order valence-corrected chi connectivity index (χ4v) is 1.81. The van der Waals surface area contributed by atoms with E-state index in [0.29, 0.717) is 10.3 Å². The molecular weight excluding hydrogens is 271 g/mol. The summed E-state index contributed by atoms with van der Waals surface area (Å²) in [6.45, 7) is 0. The Kier molecular flexibility index (Phi) is 4.14. The molecule has 0 radical (unpaired) electrons. The number of nitrogens with zero attached hydrogens (tertiary/aromatic N) is 2. The van der Waals surface area contributed by atoms with Crippen LogP contribution in [-0.4, -0.2) is 9.97 Å². The predicted molar refractivity (Wildman–Crippen MR) is 72.4 cm³/mol. The molecule has 0 spiro atoms. The second-order valence-corrected chi connectivity index (χ2v) is 4.65. The third-order valence-electron chi connectivity index (χ3n) is 2.66. The van der Waals surface area contributed by atoms with E-state index in [1.807, 2.05) is 12.1 Å². The summed E-state index contributed by atoms with van der Waals surface area (Å²) in [6.07, 6.45) is 3.24. The van der Waals surface area contributed by atoms with Crippen molar-refractivity contribution in [3.63, 3.8) is 0 Å². The largest absolute Gasteiger partial charge is 0.322 e. The van der Waals surface area contributed by atoms with Gasteiger partial charge in [0, 0.05) is 12.4 Å². The fraction of sp³-hybridized carbons (Fsp3) is 0.167. The van der Waals surface area contributed by atoms with Gasteiger partial charge in [0.1, 0.15) is 10.3 Å². The average Bonchev–Trinajstić information content (AvgIpc) is 2.39. The number of pyridine rings is 2. The summed E-state index contributed by atoms with van der Waals surface area (Å²) in [6, 6.07) is 6.23. The van der Waals surface area contributed by atoms with E-state index in [9.17, 15) is 0 Å². The zero-order valence-corrected chi connectivity index (χ0v) is 10.9. The molecule has 2 unspecified atom stereocenters. The van der Waals surface area contributed by atoms with E-state index in [2.05, 4.69) is 9.97 Å². The summed E-state index contributed by atoms with van der Waals surface area (Å²) < 4.78 is 0. The first kappa shape index (κ1) is 13.2. The maximum atomic E-state index is 6.09. The first-order valence-electron chi connectivity index (χ1n) is 5.32. The van der Waals surface area contributed by atoms with E-state index in [1.54, 1.807) is 24.5 Å². The van der Waals surface area contributed by atoms with Gasteiger partial charge in [-0.3, -0.25) is 0 Å². The highest BCUT2D eigenvalue weighted by Crippen LogP contribution is 2.24. The van der Waals surface area contributed by atoms with Crippen LogP contribution >= 0.6 is 23.2 Å². The van der Waals surface area contributed by atoms with Gasteiger partial charge in [0.05, 0.1) is 12.1 Å². The minimum atomic E-state index is -0.377. The maximum Gasteiger partial charge on any atom is 0.129 e. The third kappa shape index (κ3) is 2.97. The van der Waals surface area contributed by atoms with Crippen molar-refractivity contribution in [3.05, 3.63) is 58.1 Å². The van der Waals surface area contributed by atoms with E-state index in [4.69, 9.17) is 34.7 Å². The molecule has 0 amide bonds. The first-order chi connectivity index (χ1) is 8.58. The van der Waals surface area contributed by atoms with Crippen LogP contribution in [-0.2, 0) is 0 Å². The number of halogens is 2. The van der Waals surface area contributed by atoms with Crippen LogP contribution in [0.5, 0.6) is 0 Å². The molecule has 4 nitrogen and oxygen atoms in total. The van der Waals surface area contributed by atoms with Gasteiger partial charge in [0.2, 0.25) is 0 Å². The van der Waals surface area contributed by atoms with Crippen molar-refractivity contribution in [2.45, 2.75) is 12.1 Å². The van der Waals surface area contributed by atoms with Crippen molar-refractivity contribution in [2.24, 2.45) is 11.5 Å². The summed E-state index contributed by atoms with van der Waals surface area (Å²) in [7, 11) is 0. The number of rotatable bonds is 3. The number of hydrogen-bond donors (Lipinski definition) is 2. The van der Waals surface area contributed by atoms with Crippen LogP contribution in [0, 0.1) is 0 Å². The molecule has 0 aliphatic carbocycles. The molecule has 94 valence electrons. The molecule has 2 heterocycles. The molecule has 0 bridgehead atoms. The van der Waals surface area contributed by atoms with Gasteiger partial charge in [-0.25, -0.2) is 9.97 Å². The molecule has 0 saturated heterocycles. The van der Waals surface area contributed by atoms with Crippen LogP contribution in [0.1, 0.15) is 23.2 Å². The topological polar surface area (TPSA) is 77.8 Å². The Bertz CT molecular complexity index is 463. The molecule has 6 heteroatoms. The molecular formula is C12H12Cl2N4. The summed E-state index contributed by atoms with van der Waals surface area (Å²) >= 11 is 11.4. The molecule has 4 N–H and O–H groups in total. The summed E-state index contributed by atoms with van der Waals surface area (Å²) in [5.41, 5.74) is 13.8. The minimum Gasteiger partial charge on any atom is -0.322 e. The Balaban J connectivity index is 2.20. The Morgan fingerprint density at radius 3 is 1.44 bits per heavy atom. The maximum absolute atomic E-state index is 6.09. The molecule has 0 saturated carbocycles. The summed E-state index contributed by atoms with van der Waals surface area (Å²) in [4.78, 5) is 7.97. The van der Waals surface area contributed by atoms with Gasteiger partial charge in [-0.1, -0.05) is 35.3 Å². The highest BCUT2D eigenvalue weighted by molar-refractivity contribution is 6.29. The normalized spacial score (nSPS) is 14.2. The zero-order valence-electron chi connectivity index (χ0n) is 9.42. The van der Waals surface area contributed by atoms with Crippen LogP contribution in [0.4, 0.5) is 0 Å². The lowest BCUT2D eigenvalue weighted by molar-refractivity contribution is 0.571. The third-order valence-corrected chi connectivity index (χ3v) is 3.10. The Hall–Kier alpha value is -1.20. The standard InChI is InChI=1S/C12H12Cl2N4/c13-9-3-1-7(5-17-9)11(15)12(16)8-2-4-10(14)18-6-8/h1-6,11-12H,15-16H2. The van der Waals surface area contributed by atoms with Gasteiger partial charge in [-0.2, -0.15) is 0 Å². The zero-order chi connectivity index (χ0) is 13.1. The monoisotopic (exact) mass is 282 g/mol. The smallest absolute Gasteiger partial charge is 0.129 e. The second-order valence-electron chi connectivity index (χ2n) is 3.88. The van der Waals surface area contributed by atoms with Crippen LogP contribution in [0.25, 0.3) is 0 Å². The van der Waals surface area contributed by atoms with Crippen LogP contribution in [0.3, 0.4) is 0 Å². The van der Waals surface area contributed by atoms with E-state index in [0.717, 1.165) is 11.1 Å². The van der Waals surface area contributed by atoms with E-state index < -0.39 is 0 Å². The van der Waals surface area contributed by atoms with Crippen molar-refractivity contribution < 1.29 is 0 Å². The van der Waals surface area contributed by atoms with Crippen LogP contribution in [0.15, 0.2) is 36.7 Å². The van der Waals surface area contributed by atoms with Crippen molar-refractivity contribution in [3.8, 4) is 0 Å². The molecule has 2 aromatic heterocycles. The SMILES string of the molecule is NC(c1ccc(Cl)nc1)C(N)c1ccc(Cl)nc1. The molecule has 2 aromatic rings. The highest BCUT2D eigenvalue weighted by Gasteiger charge is 2.17.